The number of hydrogen-bond acceptors (Lipinski definition) is 2. The molecule has 0 aliphatic carbocycles. The third kappa shape index (κ3) is 2.71. The Morgan fingerprint density at radius 2 is 2.07 bits per heavy atom. The van der Waals surface area contributed by atoms with Crippen LogP contribution in [0.1, 0.15) is 51.4 Å². The molecule has 0 fully saturated rings. The van der Waals surface area contributed by atoms with E-state index in [-0.39, 0.29) is 0 Å². The molecule has 1 unspecified atom stereocenters. The van der Waals surface area contributed by atoms with Crippen LogP contribution in [-0.2, 0) is 0 Å². The Hall–Kier alpha value is -0.570. The molecular weight excluding hydrogens is 198 g/mol. The molecule has 0 aromatic carbocycles. The zero-order valence-corrected chi connectivity index (χ0v) is 9.88. The normalized spacial score (nSPS) is 13.1. The topological polar surface area (TPSA) is 30.7 Å². The van der Waals surface area contributed by atoms with E-state index in [9.17, 15) is 0 Å². The van der Waals surface area contributed by atoms with Gasteiger partial charge in [0.1, 0.15) is 5.82 Å². The summed E-state index contributed by atoms with van der Waals surface area (Å²) in [7, 11) is 0. The predicted molar refractivity (Wildman–Crippen MR) is 58.6 cm³/mol. The average Bonchev–Trinajstić information content (AvgIpc) is 2.46. The van der Waals surface area contributed by atoms with Crippen molar-refractivity contribution in [2.24, 2.45) is 0 Å². The molecule has 1 rings (SSSR count). The summed E-state index contributed by atoms with van der Waals surface area (Å²) in [6, 6.07) is 0.407. The molecule has 1 heterocycles. The van der Waals surface area contributed by atoms with E-state index in [0.29, 0.717) is 11.3 Å². The highest BCUT2D eigenvalue weighted by atomic mass is 35.5. The van der Waals surface area contributed by atoms with Crippen LogP contribution in [0.25, 0.3) is 0 Å². The summed E-state index contributed by atoms with van der Waals surface area (Å²) in [6.45, 7) is 6.31. The Morgan fingerprint density at radius 1 is 1.36 bits per heavy atom. The minimum Gasteiger partial charge on any atom is -0.299 e. The fourth-order valence-corrected chi connectivity index (χ4v) is 1.99. The Kier molecular flexibility index (Phi) is 4.39. The van der Waals surface area contributed by atoms with Crippen molar-refractivity contribution in [1.29, 1.82) is 0 Å². The van der Waals surface area contributed by atoms with E-state index in [2.05, 4.69) is 24.0 Å². The summed E-state index contributed by atoms with van der Waals surface area (Å²) in [5.41, 5.74) is 0. The van der Waals surface area contributed by atoms with Crippen LogP contribution in [0.5, 0.6) is 0 Å². The first-order valence-corrected chi connectivity index (χ1v) is 5.61. The number of rotatable bonds is 5. The average molecular weight is 216 g/mol. The largest absolute Gasteiger partial charge is 0.299 e. The lowest BCUT2D eigenvalue weighted by molar-refractivity contribution is 0.468. The van der Waals surface area contributed by atoms with Crippen molar-refractivity contribution in [2.45, 2.75) is 52.5 Å². The molecule has 0 bridgehead atoms. The molecule has 1 aromatic rings. The van der Waals surface area contributed by atoms with Crippen LogP contribution < -0.4 is 0 Å². The first kappa shape index (κ1) is 11.5. The molecule has 80 valence electrons. The molecular formula is C10H18ClN3. The van der Waals surface area contributed by atoms with Gasteiger partial charge in [0.2, 0.25) is 5.28 Å². The molecule has 0 amide bonds. The van der Waals surface area contributed by atoms with Crippen molar-refractivity contribution in [1.82, 2.24) is 14.8 Å². The van der Waals surface area contributed by atoms with E-state index in [4.69, 9.17) is 11.6 Å². The van der Waals surface area contributed by atoms with Crippen LogP contribution in [0.3, 0.4) is 0 Å². The third-order valence-electron chi connectivity index (χ3n) is 2.49. The second kappa shape index (κ2) is 5.35. The lowest BCUT2D eigenvalue weighted by atomic mass is 10.1. The summed E-state index contributed by atoms with van der Waals surface area (Å²) >= 11 is 5.94. The Labute approximate surface area is 90.5 Å². The van der Waals surface area contributed by atoms with Gasteiger partial charge in [-0.15, -0.1) is 10.2 Å². The molecule has 14 heavy (non-hydrogen) atoms. The molecule has 0 saturated carbocycles. The van der Waals surface area contributed by atoms with Crippen LogP contribution in [0.2, 0.25) is 5.28 Å². The van der Waals surface area contributed by atoms with Crippen molar-refractivity contribution in [3.8, 4) is 0 Å². The number of hydrogen-bond donors (Lipinski definition) is 0. The molecule has 0 radical (unpaired) electrons. The highest BCUT2D eigenvalue weighted by Crippen LogP contribution is 2.20. The number of aryl methyl sites for hydroxylation is 1. The Morgan fingerprint density at radius 3 is 2.57 bits per heavy atom. The van der Waals surface area contributed by atoms with Gasteiger partial charge in [0.15, 0.2) is 0 Å². The van der Waals surface area contributed by atoms with Gasteiger partial charge in [0.25, 0.3) is 0 Å². The van der Waals surface area contributed by atoms with E-state index in [0.717, 1.165) is 12.2 Å². The van der Waals surface area contributed by atoms with Crippen molar-refractivity contribution in [2.75, 3.05) is 0 Å². The van der Waals surface area contributed by atoms with Crippen molar-refractivity contribution in [3.63, 3.8) is 0 Å². The molecule has 0 aliphatic rings. The van der Waals surface area contributed by atoms with E-state index < -0.39 is 0 Å². The minimum atomic E-state index is 0.407. The quantitative estimate of drug-likeness (QED) is 0.705. The highest BCUT2D eigenvalue weighted by Gasteiger charge is 2.12. The number of unbranched alkanes of at least 4 members (excludes halogenated alkanes) is 2. The fourth-order valence-electron chi connectivity index (χ4n) is 1.66. The molecule has 0 spiro atoms. The summed E-state index contributed by atoms with van der Waals surface area (Å²) in [5, 5.41) is 8.30. The first-order valence-electron chi connectivity index (χ1n) is 5.23. The zero-order valence-electron chi connectivity index (χ0n) is 9.13. The second-order valence-corrected chi connectivity index (χ2v) is 4.07. The van der Waals surface area contributed by atoms with E-state index in [1.54, 1.807) is 0 Å². The second-order valence-electron chi connectivity index (χ2n) is 3.73. The smallest absolute Gasteiger partial charge is 0.225 e. The lowest BCUT2D eigenvalue weighted by Gasteiger charge is -2.14. The van der Waals surface area contributed by atoms with Crippen LogP contribution in [-0.4, -0.2) is 14.8 Å². The van der Waals surface area contributed by atoms with Gasteiger partial charge in [-0.25, -0.2) is 0 Å². The SMILES string of the molecule is CCCCCC(C)n1c(C)nnc1Cl. The molecule has 4 heteroatoms. The van der Waals surface area contributed by atoms with E-state index in [1.165, 1.54) is 19.3 Å². The van der Waals surface area contributed by atoms with Gasteiger partial charge in [-0.05, 0) is 31.9 Å². The zero-order chi connectivity index (χ0) is 10.6. The third-order valence-corrected chi connectivity index (χ3v) is 2.75. The number of nitrogens with zero attached hydrogens (tertiary/aromatic N) is 3. The van der Waals surface area contributed by atoms with Gasteiger partial charge in [0, 0.05) is 6.04 Å². The van der Waals surface area contributed by atoms with Crippen LogP contribution in [0.15, 0.2) is 0 Å². The number of aromatic nitrogens is 3. The lowest BCUT2D eigenvalue weighted by Crippen LogP contribution is -2.07. The van der Waals surface area contributed by atoms with Gasteiger partial charge in [-0.1, -0.05) is 26.2 Å². The van der Waals surface area contributed by atoms with Crippen molar-refractivity contribution >= 4 is 11.6 Å². The van der Waals surface area contributed by atoms with Gasteiger partial charge in [0.05, 0.1) is 0 Å². The van der Waals surface area contributed by atoms with Crippen LogP contribution in [0.4, 0.5) is 0 Å². The van der Waals surface area contributed by atoms with Crippen molar-refractivity contribution in [3.05, 3.63) is 11.1 Å². The summed E-state index contributed by atoms with van der Waals surface area (Å²) in [4.78, 5) is 0. The summed E-state index contributed by atoms with van der Waals surface area (Å²) < 4.78 is 2.00. The van der Waals surface area contributed by atoms with Gasteiger partial charge in [-0.2, -0.15) is 0 Å². The van der Waals surface area contributed by atoms with Gasteiger partial charge in [-0.3, -0.25) is 4.57 Å². The highest BCUT2D eigenvalue weighted by molar-refractivity contribution is 6.28. The summed E-state index contributed by atoms with van der Waals surface area (Å²) in [6.07, 6.45) is 4.92. The summed E-state index contributed by atoms with van der Waals surface area (Å²) in [5.74, 6) is 0.902. The molecule has 1 aromatic heterocycles. The fraction of sp³-hybridized carbons (Fsp3) is 0.800. The van der Waals surface area contributed by atoms with Crippen LogP contribution in [0, 0.1) is 6.92 Å². The molecule has 1 atom stereocenters. The maximum absolute atomic E-state index is 5.94. The molecule has 3 nitrogen and oxygen atoms in total. The van der Waals surface area contributed by atoms with Gasteiger partial charge < -0.3 is 0 Å². The minimum absolute atomic E-state index is 0.407. The maximum Gasteiger partial charge on any atom is 0.225 e. The predicted octanol–water partition coefficient (Wildman–Crippen LogP) is 3.38. The first-order chi connectivity index (χ1) is 6.66. The Bertz CT molecular complexity index is 263. The molecule has 0 aliphatic heterocycles. The molecule has 0 N–H and O–H groups in total. The van der Waals surface area contributed by atoms with Gasteiger partial charge >= 0.3 is 0 Å². The Balaban J connectivity index is 2.55. The van der Waals surface area contributed by atoms with Crippen molar-refractivity contribution < 1.29 is 0 Å². The number of halogens is 1. The van der Waals surface area contributed by atoms with E-state index >= 15 is 0 Å². The maximum atomic E-state index is 5.94. The monoisotopic (exact) mass is 215 g/mol. The standard InChI is InChI=1S/C10H18ClN3/c1-4-5-6-7-8(2)14-9(3)12-13-10(14)11/h8H,4-7H2,1-3H3. The van der Waals surface area contributed by atoms with E-state index in [1.807, 2.05) is 11.5 Å². The van der Waals surface area contributed by atoms with Crippen LogP contribution >= 0.6 is 11.6 Å². The molecule has 0 saturated heterocycles.